The summed E-state index contributed by atoms with van der Waals surface area (Å²) in [6, 6.07) is 3.84. The van der Waals surface area contributed by atoms with E-state index >= 15 is 0 Å². The van der Waals surface area contributed by atoms with Crippen molar-refractivity contribution in [2.45, 2.75) is 32.1 Å². The summed E-state index contributed by atoms with van der Waals surface area (Å²) < 4.78 is 7.78. The van der Waals surface area contributed by atoms with E-state index in [0.717, 1.165) is 35.1 Å². The van der Waals surface area contributed by atoms with Gasteiger partial charge in [0.05, 0.1) is 30.1 Å². The van der Waals surface area contributed by atoms with Gasteiger partial charge in [-0.3, -0.25) is 0 Å². The van der Waals surface area contributed by atoms with E-state index < -0.39 is 0 Å². The maximum atomic E-state index is 9.11. The quantitative estimate of drug-likeness (QED) is 0.790. The highest BCUT2D eigenvalue weighted by molar-refractivity contribution is 5.82. The van der Waals surface area contributed by atoms with Crippen molar-refractivity contribution < 1.29 is 9.84 Å². The molecule has 5 heteroatoms. The number of nitrogens with two attached hydrogens (primary N) is 1. The lowest BCUT2D eigenvalue weighted by molar-refractivity contribution is -0.0204. The van der Waals surface area contributed by atoms with Crippen LogP contribution in [-0.2, 0) is 4.74 Å². The highest BCUT2D eigenvalue weighted by Crippen LogP contribution is 2.32. The van der Waals surface area contributed by atoms with Crippen molar-refractivity contribution in [1.82, 2.24) is 9.55 Å². The van der Waals surface area contributed by atoms with Gasteiger partial charge in [0, 0.05) is 5.69 Å². The molecule has 2 atom stereocenters. The minimum absolute atomic E-state index is 0.0478. The summed E-state index contributed by atoms with van der Waals surface area (Å²) in [5.41, 5.74) is 9.64. The molecule has 0 aliphatic carbocycles. The van der Waals surface area contributed by atoms with Crippen LogP contribution >= 0.6 is 0 Å². The lowest BCUT2D eigenvalue weighted by Gasteiger charge is -2.14. The van der Waals surface area contributed by atoms with Gasteiger partial charge in [0.2, 0.25) is 0 Å². The van der Waals surface area contributed by atoms with Gasteiger partial charge in [0.25, 0.3) is 0 Å². The van der Waals surface area contributed by atoms with Crippen molar-refractivity contribution in [3.63, 3.8) is 0 Å². The minimum atomic E-state index is -0.0605. The SMILES string of the molecule is Cc1cc(N)cc2c1ncn2[C@@H]1CC[C@H](CO)O1. The molecule has 1 saturated heterocycles. The topological polar surface area (TPSA) is 73.3 Å². The molecule has 1 aromatic carbocycles. The number of imidazole rings is 1. The first-order chi connectivity index (χ1) is 8.69. The van der Waals surface area contributed by atoms with Gasteiger partial charge in [-0.2, -0.15) is 0 Å². The molecule has 0 spiro atoms. The normalized spacial score (nSPS) is 23.9. The van der Waals surface area contributed by atoms with Crippen LogP contribution in [0.5, 0.6) is 0 Å². The number of aliphatic hydroxyl groups excluding tert-OH is 1. The van der Waals surface area contributed by atoms with E-state index in [1.807, 2.05) is 23.6 Å². The Morgan fingerprint density at radius 1 is 1.50 bits per heavy atom. The van der Waals surface area contributed by atoms with Crippen molar-refractivity contribution in [2.24, 2.45) is 0 Å². The Bertz CT molecular complexity index is 579. The molecule has 0 unspecified atom stereocenters. The first kappa shape index (κ1) is 11.5. The van der Waals surface area contributed by atoms with Crippen molar-refractivity contribution >= 4 is 16.7 Å². The number of nitrogen functional groups attached to an aromatic ring is 1. The number of fused-ring (bicyclic) bond motifs is 1. The standard InChI is InChI=1S/C13H17N3O2/c1-8-4-9(14)5-11-13(8)15-7-16(11)12-3-2-10(6-17)18-12/h4-5,7,10,12,17H,2-3,6,14H2,1H3/t10-,12+/m1/s1. The molecule has 96 valence electrons. The highest BCUT2D eigenvalue weighted by atomic mass is 16.5. The van der Waals surface area contributed by atoms with E-state index in [4.69, 9.17) is 15.6 Å². The molecule has 1 fully saturated rings. The predicted octanol–water partition coefficient (Wildman–Crippen LogP) is 1.60. The summed E-state index contributed by atoms with van der Waals surface area (Å²) in [4.78, 5) is 4.42. The predicted molar refractivity (Wildman–Crippen MR) is 69.1 cm³/mol. The first-order valence-corrected chi connectivity index (χ1v) is 6.18. The van der Waals surface area contributed by atoms with Gasteiger partial charge in [0.15, 0.2) is 0 Å². The zero-order chi connectivity index (χ0) is 12.7. The third-order valence-corrected chi connectivity index (χ3v) is 3.49. The van der Waals surface area contributed by atoms with Crippen LogP contribution in [-0.4, -0.2) is 27.4 Å². The fourth-order valence-electron chi connectivity index (χ4n) is 2.59. The lowest BCUT2D eigenvalue weighted by atomic mass is 10.2. The van der Waals surface area contributed by atoms with Crippen molar-refractivity contribution in [3.05, 3.63) is 24.0 Å². The van der Waals surface area contributed by atoms with E-state index in [2.05, 4.69) is 4.98 Å². The zero-order valence-corrected chi connectivity index (χ0v) is 10.3. The van der Waals surface area contributed by atoms with Gasteiger partial charge < -0.3 is 20.1 Å². The molecule has 1 aliphatic heterocycles. The number of benzene rings is 1. The average Bonchev–Trinajstić information content (AvgIpc) is 2.93. The maximum absolute atomic E-state index is 9.11. The fraction of sp³-hybridized carbons (Fsp3) is 0.462. The summed E-state index contributed by atoms with van der Waals surface area (Å²) in [7, 11) is 0. The number of hydrogen-bond acceptors (Lipinski definition) is 4. The van der Waals surface area contributed by atoms with Crippen molar-refractivity contribution in [1.29, 1.82) is 0 Å². The second kappa shape index (κ2) is 4.26. The Balaban J connectivity index is 2.03. The van der Waals surface area contributed by atoms with Gasteiger partial charge in [-0.15, -0.1) is 0 Å². The van der Waals surface area contributed by atoms with Gasteiger partial charge in [0.1, 0.15) is 6.23 Å². The van der Waals surface area contributed by atoms with Crippen LogP contribution in [0.2, 0.25) is 0 Å². The van der Waals surface area contributed by atoms with Gasteiger partial charge in [-0.25, -0.2) is 4.98 Å². The number of aromatic nitrogens is 2. The lowest BCUT2D eigenvalue weighted by Crippen LogP contribution is -2.13. The molecule has 2 heterocycles. The molecule has 0 saturated carbocycles. The molecule has 1 aliphatic rings. The number of aryl methyl sites for hydroxylation is 1. The van der Waals surface area contributed by atoms with Crippen molar-refractivity contribution in [2.75, 3.05) is 12.3 Å². The summed E-state index contributed by atoms with van der Waals surface area (Å²) in [5, 5.41) is 9.11. The summed E-state index contributed by atoms with van der Waals surface area (Å²) in [5.74, 6) is 0. The highest BCUT2D eigenvalue weighted by Gasteiger charge is 2.27. The number of ether oxygens (including phenoxy) is 1. The molecule has 18 heavy (non-hydrogen) atoms. The third kappa shape index (κ3) is 1.76. The third-order valence-electron chi connectivity index (χ3n) is 3.49. The molecule has 1 aromatic heterocycles. The molecule has 0 amide bonds. The molecular weight excluding hydrogens is 230 g/mol. The number of rotatable bonds is 2. The second-order valence-electron chi connectivity index (χ2n) is 4.83. The minimum Gasteiger partial charge on any atom is -0.399 e. The van der Waals surface area contributed by atoms with E-state index in [-0.39, 0.29) is 18.9 Å². The molecule has 0 radical (unpaired) electrons. The molecule has 3 N–H and O–H groups in total. The Morgan fingerprint density at radius 3 is 3.06 bits per heavy atom. The van der Waals surface area contributed by atoms with Gasteiger partial charge in [-0.1, -0.05) is 0 Å². The molecule has 2 aromatic rings. The average molecular weight is 247 g/mol. The monoisotopic (exact) mass is 247 g/mol. The van der Waals surface area contributed by atoms with Crippen LogP contribution in [0, 0.1) is 6.92 Å². The second-order valence-corrected chi connectivity index (χ2v) is 4.83. The van der Waals surface area contributed by atoms with E-state index in [1.165, 1.54) is 0 Å². The Kier molecular flexibility index (Phi) is 2.72. The van der Waals surface area contributed by atoms with Gasteiger partial charge >= 0.3 is 0 Å². The zero-order valence-electron chi connectivity index (χ0n) is 10.3. The van der Waals surface area contributed by atoms with Crippen LogP contribution in [0.3, 0.4) is 0 Å². The van der Waals surface area contributed by atoms with Gasteiger partial charge in [-0.05, 0) is 37.5 Å². The van der Waals surface area contributed by atoms with Crippen LogP contribution in [0.15, 0.2) is 18.5 Å². The number of aliphatic hydroxyl groups is 1. The van der Waals surface area contributed by atoms with Crippen LogP contribution < -0.4 is 5.73 Å². The first-order valence-electron chi connectivity index (χ1n) is 6.18. The fourth-order valence-corrected chi connectivity index (χ4v) is 2.59. The molecule has 5 nitrogen and oxygen atoms in total. The van der Waals surface area contributed by atoms with Crippen LogP contribution in [0.1, 0.15) is 24.6 Å². The van der Waals surface area contributed by atoms with Crippen LogP contribution in [0.4, 0.5) is 5.69 Å². The Hall–Kier alpha value is -1.59. The molecular formula is C13H17N3O2. The Morgan fingerprint density at radius 2 is 2.33 bits per heavy atom. The molecule has 0 bridgehead atoms. The van der Waals surface area contributed by atoms with E-state index in [9.17, 15) is 0 Å². The molecule has 3 rings (SSSR count). The summed E-state index contributed by atoms with van der Waals surface area (Å²) >= 11 is 0. The number of hydrogen-bond donors (Lipinski definition) is 2. The van der Waals surface area contributed by atoms with Crippen LogP contribution in [0.25, 0.3) is 11.0 Å². The van der Waals surface area contributed by atoms with E-state index in [1.54, 1.807) is 6.33 Å². The summed E-state index contributed by atoms with van der Waals surface area (Å²) in [6.07, 6.45) is 3.46. The smallest absolute Gasteiger partial charge is 0.135 e. The Labute approximate surface area is 105 Å². The number of anilines is 1. The maximum Gasteiger partial charge on any atom is 0.135 e. The summed E-state index contributed by atoms with van der Waals surface area (Å²) in [6.45, 7) is 2.08. The van der Waals surface area contributed by atoms with E-state index in [0.29, 0.717) is 0 Å². The van der Waals surface area contributed by atoms with Crippen molar-refractivity contribution in [3.8, 4) is 0 Å². The number of nitrogens with zero attached hydrogens (tertiary/aromatic N) is 2. The largest absolute Gasteiger partial charge is 0.399 e.